The minimum Gasteiger partial charge on any atom is -0.726 e. The standard InChI is InChI=1S/C5H14N3.H2O4S/c1-7-5(6)8(2,3)4;1-5(2,3)4/h1-4H3,(H2,6,7);(H2,1,2,3,4)/q+1;/p-1. The summed E-state index contributed by atoms with van der Waals surface area (Å²) in [6, 6.07) is 0. The highest BCUT2D eigenvalue weighted by molar-refractivity contribution is 7.79. The number of rotatable bonds is 0. The van der Waals surface area contributed by atoms with Crippen molar-refractivity contribution in [3.05, 3.63) is 0 Å². The van der Waals surface area contributed by atoms with E-state index in [4.69, 9.17) is 23.3 Å². The number of quaternary nitrogens is 1. The first-order chi connectivity index (χ1) is 5.48. The molecule has 0 aromatic carbocycles. The van der Waals surface area contributed by atoms with Crippen LogP contribution in [0.4, 0.5) is 0 Å². The van der Waals surface area contributed by atoms with Crippen LogP contribution in [0.1, 0.15) is 0 Å². The Kier molecular flexibility index (Phi) is 5.83. The van der Waals surface area contributed by atoms with Gasteiger partial charge in [-0.05, 0) is 0 Å². The molecule has 0 aliphatic heterocycles. The molecule has 3 N–H and O–H groups in total. The summed E-state index contributed by atoms with van der Waals surface area (Å²) in [5.41, 5.74) is 5.47. The van der Waals surface area contributed by atoms with Crippen LogP contribution in [-0.2, 0) is 10.4 Å². The zero-order valence-electron chi connectivity index (χ0n) is 8.05. The van der Waals surface area contributed by atoms with Crippen molar-refractivity contribution < 1.29 is 22.0 Å². The average molecular weight is 213 g/mol. The third-order valence-electron chi connectivity index (χ3n) is 0.916. The van der Waals surface area contributed by atoms with E-state index in [1.165, 1.54) is 0 Å². The third-order valence-corrected chi connectivity index (χ3v) is 0.916. The molecule has 80 valence electrons. The highest BCUT2D eigenvalue weighted by atomic mass is 32.3. The van der Waals surface area contributed by atoms with Gasteiger partial charge in [0.25, 0.3) is 5.96 Å². The van der Waals surface area contributed by atoms with E-state index in [2.05, 4.69) is 4.99 Å². The monoisotopic (exact) mass is 213 g/mol. The molecular formula is C5H15N3O4S. The predicted molar refractivity (Wildman–Crippen MR) is 47.9 cm³/mol. The molecule has 0 fully saturated rings. The van der Waals surface area contributed by atoms with Crippen LogP contribution in [0.5, 0.6) is 0 Å². The van der Waals surface area contributed by atoms with E-state index < -0.39 is 10.4 Å². The van der Waals surface area contributed by atoms with E-state index >= 15 is 0 Å². The molecule has 13 heavy (non-hydrogen) atoms. The second-order valence-corrected chi connectivity index (χ2v) is 3.88. The van der Waals surface area contributed by atoms with Crippen molar-refractivity contribution in [1.82, 2.24) is 0 Å². The van der Waals surface area contributed by atoms with Gasteiger partial charge in [0.1, 0.15) is 0 Å². The lowest BCUT2D eigenvalue weighted by Gasteiger charge is -2.20. The van der Waals surface area contributed by atoms with E-state index in [0.29, 0.717) is 10.4 Å². The fourth-order valence-corrected chi connectivity index (χ4v) is 0.300. The van der Waals surface area contributed by atoms with Crippen LogP contribution >= 0.6 is 0 Å². The number of nitrogens with two attached hydrogens (primary N) is 1. The van der Waals surface area contributed by atoms with Crippen LogP contribution in [0.3, 0.4) is 0 Å². The average Bonchev–Trinajstić information content (AvgIpc) is 1.80. The van der Waals surface area contributed by atoms with E-state index in [1.807, 2.05) is 21.1 Å². The van der Waals surface area contributed by atoms with Gasteiger partial charge in [-0.25, -0.2) is 13.4 Å². The molecule has 0 heterocycles. The minimum absolute atomic E-state index is 0.608. The first kappa shape index (κ1) is 14.8. The summed E-state index contributed by atoms with van der Waals surface area (Å²) >= 11 is 0. The summed E-state index contributed by atoms with van der Waals surface area (Å²) in [4.78, 5) is 3.83. The summed E-state index contributed by atoms with van der Waals surface area (Å²) in [6.45, 7) is 0. The predicted octanol–water partition coefficient (Wildman–Crippen LogP) is -1.36. The third kappa shape index (κ3) is 18.3. The first-order valence-corrected chi connectivity index (χ1v) is 4.57. The first-order valence-electron chi connectivity index (χ1n) is 3.21. The largest absolute Gasteiger partial charge is 0.726 e. The van der Waals surface area contributed by atoms with E-state index in [-0.39, 0.29) is 0 Å². The molecular weight excluding hydrogens is 198 g/mol. The number of aliphatic imine (C=N–C) groups is 1. The number of hydrogen-bond donors (Lipinski definition) is 2. The van der Waals surface area contributed by atoms with Crippen molar-refractivity contribution >= 4 is 16.4 Å². The highest BCUT2D eigenvalue weighted by Crippen LogP contribution is 1.86. The molecule has 7 nitrogen and oxygen atoms in total. The summed E-state index contributed by atoms with van der Waals surface area (Å²) < 4.78 is 33.4. The highest BCUT2D eigenvalue weighted by Gasteiger charge is 2.10. The molecule has 0 spiro atoms. The quantitative estimate of drug-likeness (QED) is 0.169. The van der Waals surface area contributed by atoms with Gasteiger partial charge in [-0.15, -0.1) is 0 Å². The lowest BCUT2D eigenvalue weighted by Crippen LogP contribution is -2.46. The van der Waals surface area contributed by atoms with E-state index in [9.17, 15) is 0 Å². The molecule has 0 bridgehead atoms. The molecule has 0 aliphatic carbocycles. The fraction of sp³-hybridized carbons (Fsp3) is 0.800. The van der Waals surface area contributed by atoms with Crippen molar-refractivity contribution in [3.8, 4) is 0 Å². The van der Waals surface area contributed by atoms with Gasteiger partial charge in [-0.3, -0.25) is 9.04 Å². The van der Waals surface area contributed by atoms with Crippen LogP contribution in [0.15, 0.2) is 4.99 Å². The number of nitrogens with zero attached hydrogens (tertiary/aromatic N) is 2. The molecule has 0 rings (SSSR count). The second-order valence-electron chi connectivity index (χ2n) is 3.02. The molecule has 0 amide bonds. The lowest BCUT2D eigenvalue weighted by atomic mass is 10.7. The van der Waals surface area contributed by atoms with Gasteiger partial charge in [0.2, 0.25) is 10.4 Å². The summed E-state index contributed by atoms with van der Waals surface area (Å²) in [5.74, 6) is 0.644. The summed E-state index contributed by atoms with van der Waals surface area (Å²) in [6.07, 6.45) is 0. The van der Waals surface area contributed by atoms with Crippen molar-refractivity contribution in [2.24, 2.45) is 10.7 Å². The molecule has 0 saturated carbocycles. The second kappa shape index (κ2) is 5.12. The molecule has 0 radical (unpaired) electrons. The topological polar surface area (TPSA) is 116 Å². The molecule has 0 aromatic heterocycles. The Morgan fingerprint density at radius 3 is 1.69 bits per heavy atom. The number of hydrogen-bond acceptors (Lipinski definition) is 4. The molecule has 8 heteroatoms. The Balaban J connectivity index is 0. The Morgan fingerprint density at radius 2 is 1.69 bits per heavy atom. The van der Waals surface area contributed by atoms with Gasteiger partial charge in [-0.2, -0.15) is 0 Å². The van der Waals surface area contributed by atoms with Gasteiger partial charge in [0, 0.05) is 7.05 Å². The Morgan fingerprint density at radius 1 is 1.46 bits per heavy atom. The zero-order chi connectivity index (χ0) is 11.3. The number of guanidine groups is 1. The van der Waals surface area contributed by atoms with Crippen LogP contribution in [-0.4, -0.2) is 56.2 Å². The maximum Gasteiger partial charge on any atom is 0.294 e. The van der Waals surface area contributed by atoms with Gasteiger partial charge in [0.05, 0.1) is 21.1 Å². The van der Waals surface area contributed by atoms with E-state index in [1.54, 1.807) is 7.05 Å². The van der Waals surface area contributed by atoms with Crippen molar-refractivity contribution in [2.75, 3.05) is 28.2 Å². The fourth-order valence-electron chi connectivity index (χ4n) is 0.300. The maximum atomic E-state index is 8.63. The maximum absolute atomic E-state index is 8.63. The van der Waals surface area contributed by atoms with E-state index in [0.717, 1.165) is 0 Å². The normalized spacial score (nSPS) is 13.2. The van der Waals surface area contributed by atoms with Crippen molar-refractivity contribution in [2.45, 2.75) is 0 Å². The molecule has 0 saturated heterocycles. The van der Waals surface area contributed by atoms with Gasteiger partial charge in [-0.1, -0.05) is 0 Å². The zero-order valence-corrected chi connectivity index (χ0v) is 8.87. The minimum atomic E-state index is -4.92. The van der Waals surface area contributed by atoms with Gasteiger partial charge < -0.3 is 10.3 Å². The summed E-state index contributed by atoms with van der Waals surface area (Å²) in [7, 11) is 2.70. The Hall–Kier alpha value is -0.700. The molecule has 0 unspecified atom stereocenters. The van der Waals surface area contributed by atoms with Crippen molar-refractivity contribution in [1.29, 1.82) is 0 Å². The lowest BCUT2D eigenvalue weighted by molar-refractivity contribution is -0.778. The summed E-state index contributed by atoms with van der Waals surface area (Å²) in [5, 5.41) is 0. The SMILES string of the molecule is CN=C(N)[N+](C)(C)C.O=S(=O)([O-])O. The van der Waals surface area contributed by atoms with Crippen LogP contribution in [0.2, 0.25) is 0 Å². The van der Waals surface area contributed by atoms with Crippen LogP contribution < -0.4 is 5.73 Å². The Labute approximate surface area is 78.0 Å². The molecule has 0 aromatic rings. The molecule has 0 atom stereocenters. The Bertz CT molecular complexity index is 256. The van der Waals surface area contributed by atoms with Crippen molar-refractivity contribution in [3.63, 3.8) is 0 Å². The van der Waals surface area contributed by atoms with Crippen LogP contribution in [0.25, 0.3) is 0 Å². The smallest absolute Gasteiger partial charge is 0.294 e. The van der Waals surface area contributed by atoms with Crippen LogP contribution in [0, 0.1) is 0 Å². The van der Waals surface area contributed by atoms with Gasteiger partial charge >= 0.3 is 0 Å². The molecule has 0 aliphatic rings. The van der Waals surface area contributed by atoms with Gasteiger partial charge in [0.15, 0.2) is 0 Å².